The van der Waals surface area contributed by atoms with Gasteiger partial charge in [-0.05, 0) is 48.7 Å². The Labute approximate surface area is 175 Å². The minimum Gasteiger partial charge on any atom is -0.466 e. The van der Waals surface area contributed by atoms with Crippen molar-refractivity contribution in [1.29, 1.82) is 0 Å². The lowest BCUT2D eigenvalue weighted by atomic mass is 9.73. The van der Waals surface area contributed by atoms with Crippen molar-refractivity contribution < 1.29 is 13.9 Å². The van der Waals surface area contributed by atoms with Gasteiger partial charge in [0, 0.05) is 48.2 Å². The van der Waals surface area contributed by atoms with Crippen molar-refractivity contribution in [3.63, 3.8) is 0 Å². The Kier molecular flexibility index (Phi) is 4.92. The molecule has 4 nitrogen and oxygen atoms in total. The van der Waals surface area contributed by atoms with Crippen molar-refractivity contribution in [2.45, 2.75) is 32.6 Å². The summed E-state index contributed by atoms with van der Waals surface area (Å²) in [6.07, 6.45) is 4.27. The lowest BCUT2D eigenvalue weighted by Crippen LogP contribution is -2.28. The number of ether oxygens (including phenoxy) is 1. The number of carbonyl (C=O) groups is 1. The Bertz CT molecular complexity index is 1260. The van der Waals surface area contributed by atoms with E-state index in [1.165, 1.54) is 11.6 Å². The number of esters is 1. The average molecular weight is 407 g/mol. The third-order valence-electron chi connectivity index (χ3n) is 6.15. The van der Waals surface area contributed by atoms with Crippen LogP contribution < -0.4 is 0 Å². The molecule has 2 aromatic carbocycles. The zero-order chi connectivity index (χ0) is 21.6. The third kappa shape index (κ3) is 3.09. The summed E-state index contributed by atoms with van der Waals surface area (Å²) in [6, 6.07) is 11.0. The van der Waals surface area contributed by atoms with Crippen molar-refractivity contribution in [1.82, 2.24) is 9.13 Å². The van der Waals surface area contributed by atoms with Gasteiger partial charge in [0.2, 0.25) is 0 Å². The number of halogens is 1. The molecule has 4 aromatic rings. The Balaban J connectivity index is 2.04. The lowest BCUT2D eigenvalue weighted by molar-refractivity contribution is -0.144. The van der Waals surface area contributed by atoms with Crippen LogP contribution in [0.3, 0.4) is 0 Å². The molecular weight excluding hydrogens is 379 g/mol. The molecule has 0 saturated carbocycles. The number of rotatable bonds is 5. The van der Waals surface area contributed by atoms with E-state index in [4.69, 9.17) is 4.74 Å². The fourth-order valence-electron chi connectivity index (χ4n) is 4.75. The quantitative estimate of drug-likeness (QED) is 0.417. The number of hydrogen-bond acceptors (Lipinski definition) is 2. The number of aromatic nitrogens is 2. The van der Waals surface area contributed by atoms with Crippen LogP contribution in [0.15, 0.2) is 48.8 Å². The summed E-state index contributed by atoms with van der Waals surface area (Å²) in [5, 5.41) is 1.91. The molecule has 2 heterocycles. The molecule has 0 radical (unpaired) electrons. The minimum atomic E-state index is -0.688. The molecule has 1 atom stereocenters. The highest BCUT2D eigenvalue weighted by Crippen LogP contribution is 2.44. The summed E-state index contributed by atoms with van der Waals surface area (Å²) in [7, 11) is 3.97. The van der Waals surface area contributed by atoms with Crippen LogP contribution in [0, 0.1) is 12.7 Å². The van der Waals surface area contributed by atoms with Crippen molar-refractivity contribution in [3.8, 4) is 0 Å². The molecular formula is C25H27FN2O2. The minimum absolute atomic E-state index is 0.170. The van der Waals surface area contributed by atoms with Gasteiger partial charge in [-0.2, -0.15) is 0 Å². The van der Waals surface area contributed by atoms with Crippen LogP contribution in [-0.4, -0.2) is 21.7 Å². The number of fused-ring (bicyclic) bond motifs is 2. The van der Waals surface area contributed by atoms with Crippen LogP contribution in [0.1, 0.15) is 37.0 Å². The third-order valence-corrected chi connectivity index (χ3v) is 6.15. The van der Waals surface area contributed by atoms with E-state index in [0.717, 1.165) is 32.9 Å². The molecule has 2 aromatic heterocycles. The predicted octanol–water partition coefficient (Wildman–Crippen LogP) is 5.38. The largest absolute Gasteiger partial charge is 0.466 e. The maximum absolute atomic E-state index is 14.2. The monoisotopic (exact) mass is 406 g/mol. The fraction of sp³-hybridized carbons (Fsp3) is 0.320. The average Bonchev–Trinajstić information content (AvgIpc) is 3.20. The number of nitrogens with zero attached hydrogens (tertiary/aromatic N) is 2. The first kappa shape index (κ1) is 20.2. The molecule has 4 rings (SSSR count). The molecule has 0 aliphatic heterocycles. The number of benzene rings is 2. The van der Waals surface area contributed by atoms with Crippen molar-refractivity contribution in [2.75, 3.05) is 6.61 Å². The van der Waals surface area contributed by atoms with Crippen LogP contribution in [0.4, 0.5) is 4.39 Å². The Morgan fingerprint density at radius 2 is 1.77 bits per heavy atom. The van der Waals surface area contributed by atoms with Crippen LogP contribution in [0.25, 0.3) is 21.8 Å². The SMILES string of the molecule is CCOC(=O)CC(C)(c1cn(C)c2ccc(F)cc12)c1cn(C)c2c(C)cccc12. The summed E-state index contributed by atoms with van der Waals surface area (Å²) in [4.78, 5) is 12.7. The van der Waals surface area contributed by atoms with Gasteiger partial charge in [0.25, 0.3) is 0 Å². The zero-order valence-electron chi connectivity index (χ0n) is 18.1. The van der Waals surface area contributed by atoms with E-state index in [1.54, 1.807) is 12.1 Å². The van der Waals surface area contributed by atoms with Gasteiger partial charge in [-0.1, -0.05) is 25.1 Å². The van der Waals surface area contributed by atoms with Crippen molar-refractivity contribution in [2.24, 2.45) is 14.1 Å². The molecule has 0 bridgehead atoms. The van der Waals surface area contributed by atoms with Gasteiger partial charge >= 0.3 is 5.97 Å². The van der Waals surface area contributed by atoms with Gasteiger partial charge in [-0.3, -0.25) is 4.79 Å². The van der Waals surface area contributed by atoms with Crippen LogP contribution in [0.5, 0.6) is 0 Å². The van der Waals surface area contributed by atoms with E-state index in [0.29, 0.717) is 6.61 Å². The van der Waals surface area contributed by atoms with Crippen LogP contribution >= 0.6 is 0 Å². The first-order chi connectivity index (χ1) is 14.3. The van der Waals surface area contributed by atoms with Gasteiger partial charge in [-0.25, -0.2) is 4.39 Å². The molecule has 1 unspecified atom stereocenters. The first-order valence-corrected chi connectivity index (χ1v) is 10.2. The number of para-hydroxylation sites is 1. The summed E-state index contributed by atoms with van der Waals surface area (Å²) in [6.45, 7) is 6.28. The molecule has 0 saturated heterocycles. The summed E-state index contributed by atoms with van der Waals surface area (Å²) < 4.78 is 23.6. The van der Waals surface area contributed by atoms with E-state index in [9.17, 15) is 9.18 Å². The van der Waals surface area contributed by atoms with E-state index in [-0.39, 0.29) is 18.2 Å². The van der Waals surface area contributed by atoms with Crippen molar-refractivity contribution >= 4 is 27.8 Å². The van der Waals surface area contributed by atoms with E-state index >= 15 is 0 Å². The van der Waals surface area contributed by atoms with Gasteiger partial charge in [0.15, 0.2) is 0 Å². The van der Waals surface area contributed by atoms with E-state index in [1.807, 2.05) is 37.8 Å². The van der Waals surface area contributed by atoms with Gasteiger partial charge in [-0.15, -0.1) is 0 Å². The standard InChI is InChI=1S/C25H27FN2O2/c1-6-30-23(29)13-25(3,20-15-28(5)24-16(2)8-7-9-18(20)24)21-14-27(4)22-11-10-17(26)12-19(21)22/h7-12,14-15H,6,13H2,1-5H3. The molecule has 0 spiro atoms. The maximum Gasteiger partial charge on any atom is 0.307 e. The maximum atomic E-state index is 14.2. The molecule has 0 aliphatic carbocycles. The van der Waals surface area contributed by atoms with Gasteiger partial charge < -0.3 is 13.9 Å². The highest BCUT2D eigenvalue weighted by atomic mass is 19.1. The highest BCUT2D eigenvalue weighted by Gasteiger charge is 2.37. The van der Waals surface area contributed by atoms with E-state index in [2.05, 4.69) is 36.7 Å². The molecule has 156 valence electrons. The number of hydrogen-bond donors (Lipinski definition) is 0. The molecule has 0 aliphatic rings. The number of aryl methyl sites for hydroxylation is 3. The molecule has 0 fully saturated rings. The highest BCUT2D eigenvalue weighted by molar-refractivity contribution is 5.92. The fourth-order valence-corrected chi connectivity index (χ4v) is 4.75. The second-order valence-corrected chi connectivity index (χ2v) is 8.25. The first-order valence-electron chi connectivity index (χ1n) is 10.2. The second-order valence-electron chi connectivity index (χ2n) is 8.25. The van der Waals surface area contributed by atoms with E-state index < -0.39 is 5.41 Å². The second kappa shape index (κ2) is 7.31. The van der Waals surface area contributed by atoms with Crippen molar-refractivity contribution in [3.05, 3.63) is 71.3 Å². The summed E-state index contributed by atoms with van der Waals surface area (Å²) in [5.74, 6) is -0.555. The van der Waals surface area contributed by atoms with Crippen LogP contribution in [-0.2, 0) is 29.0 Å². The predicted molar refractivity (Wildman–Crippen MR) is 118 cm³/mol. The molecule has 5 heteroatoms. The van der Waals surface area contributed by atoms with Crippen LogP contribution in [0.2, 0.25) is 0 Å². The Morgan fingerprint density at radius 3 is 2.50 bits per heavy atom. The molecule has 30 heavy (non-hydrogen) atoms. The van der Waals surface area contributed by atoms with Gasteiger partial charge in [0.1, 0.15) is 5.82 Å². The Morgan fingerprint density at radius 1 is 1.07 bits per heavy atom. The lowest BCUT2D eigenvalue weighted by Gasteiger charge is -2.29. The molecule has 0 amide bonds. The Hall–Kier alpha value is -3.08. The molecule has 0 N–H and O–H groups in total. The summed E-state index contributed by atoms with van der Waals surface area (Å²) >= 11 is 0. The smallest absolute Gasteiger partial charge is 0.307 e. The topological polar surface area (TPSA) is 36.2 Å². The number of carbonyl (C=O) groups excluding carboxylic acids is 1. The van der Waals surface area contributed by atoms with Gasteiger partial charge in [0.05, 0.1) is 18.5 Å². The zero-order valence-corrected chi connectivity index (χ0v) is 18.1. The summed E-state index contributed by atoms with van der Waals surface area (Å²) in [5.41, 5.74) is 4.50. The normalized spacial score (nSPS) is 13.7.